The lowest BCUT2D eigenvalue weighted by molar-refractivity contribution is -0.191. The monoisotopic (exact) mass is 280 g/mol. The number of aromatic nitrogens is 1. The minimum atomic E-state index is -0.407. The Hall–Kier alpha value is -1.40. The third-order valence-electron chi connectivity index (χ3n) is 4.11. The van der Waals surface area contributed by atoms with Crippen molar-refractivity contribution >= 4 is 5.91 Å². The van der Waals surface area contributed by atoms with Crippen molar-refractivity contribution in [3.8, 4) is 0 Å². The molecule has 1 saturated heterocycles. The van der Waals surface area contributed by atoms with E-state index in [1.54, 1.807) is 0 Å². The zero-order valence-corrected chi connectivity index (χ0v) is 11.6. The molecule has 0 bridgehead atoms. The molecule has 0 aromatic carbocycles. The van der Waals surface area contributed by atoms with Crippen molar-refractivity contribution in [3.63, 3.8) is 0 Å². The summed E-state index contributed by atoms with van der Waals surface area (Å²) < 4.78 is 16.5. The number of amides is 1. The van der Waals surface area contributed by atoms with Gasteiger partial charge in [0.2, 0.25) is 0 Å². The van der Waals surface area contributed by atoms with Crippen LogP contribution in [0.1, 0.15) is 43.1 Å². The number of nitrogens with zero attached hydrogens (tertiary/aromatic N) is 1. The van der Waals surface area contributed by atoms with E-state index in [0.717, 1.165) is 31.6 Å². The zero-order chi connectivity index (χ0) is 14.0. The Morgan fingerprint density at radius 2 is 2.30 bits per heavy atom. The molecule has 1 aromatic heterocycles. The normalized spacial score (nSPS) is 33.5. The summed E-state index contributed by atoms with van der Waals surface area (Å²) in [4.78, 5) is 11.7. The minimum Gasteiger partial charge on any atom is -0.364 e. The fourth-order valence-electron chi connectivity index (χ4n) is 2.81. The topological polar surface area (TPSA) is 73.6 Å². The summed E-state index contributed by atoms with van der Waals surface area (Å²) in [6.45, 7) is 3.23. The van der Waals surface area contributed by atoms with Crippen molar-refractivity contribution in [2.24, 2.45) is 5.92 Å². The van der Waals surface area contributed by atoms with Gasteiger partial charge in [-0.2, -0.15) is 0 Å². The Morgan fingerprint density at radius 1 is 1.50 bits per heavy atom. The third kappa shape index (κ3) is 2.86. The smallest absolute Gasteiger partial charge is 0.273 e. The van der Waals surface area contributed by atoms with Gasteiger partial charge in [0.1, 0.15) is 12.4 Å². The molecule has 6 heteroatoms. The first-order valence-electron chi connectivity index (χ1n) is 7.17. The molecule has 2 fully saturated rings. The van der Waals surface area contributed by atoms with Crippen LogP contribution in [-0.2, 0) is 9.47 Å². The maximum absolute atomic E-state index is 11.7. The van der Waals surface area contributed by atoms with Gasteiger partial charge in [0.25, 0.3) is 5.91 Å². The maximum Gasteiger partial charge on any atom is 0.273 e. The van der Waals surface area contributed by atoms with Crippen LogP contribution in [0, 0.1) is 5.92 Å². The molecule has 1 N–H and O–H groups in total. The van der Waals surface area contributed by atoms with Gasteiger partial charge >= 0.3 is 0 Å². The van der Waals surface area contributed by atoms with Crippen LogP contribution < -0.4 is 5.32 Å². The molecule has 1 atom stereocenters. The Morgan fingerprint density at radius 3 is 3.00 bits per heavy atom. The Balaban J connectivity index is 1.47. The summed E-state index contributed by atoms with van der Waals surface area (Å²) >= 11 is 0. The van der Waals surface area contributed by atoms with Crippen molar-refractivity contribution < 1.29 is 18.8 Å². The van der Waals surface area contributed by atoms with E-state index < -0.39 is 5.79 Å². The Bertz CT molecular complexity index is 452. The molecule has 0 unspecified atom stereocenters. The highest BCUT2D eigenvalue weighted by molar-refractivity contribution is 5.91. The van der Waals surface area contributed by atoms with E-state index in [-0.39, 0.29) is 17.7 Å². The summed E-state index contributed by atoms with van der Waals surface area (Å²) in [5.74, 6) is 0.0924. The molecule has 0 radical (unpaired) electrons. The van der Waals surface area contributed by atoms with Crippen LogP contribution in [0.4, 0.5) is 0 Å². The summed E-state index contributed by atoms with van der Waals surface area (Å²) in [5, 5.41) is 6.39. The number of hydrogen-bond acceptors (Lipinski definition) is 5. The van der Waals surface area contributed by atoms with E-state index in [2.05, 4.69) is 21.9 Å². The van der Waals surface area contributed by atoms with E-state index in [9.17, 15) is 4.79 Å². The van der Waals surface area contributed by atoms with Crippen LogP contribution >= 0.6 is 0 Å². The maximum atomic E-state index is 11.7. The molecule has 110 valence electrons. The van der Waals surface area contributed by atoms with Crippen molar-refractivity contribution in [3.05, 3.63) is 18.0 Å². The van der Waals surface area contributed by atoms with E-state index in [1.165, 1.54) is 12.3 Å². The predicted molar refractivity (Wildman–Crippen MR) is 70.0 cm³/mol. The van der Waals surface area contributed by atoms with Gasteiger partial charge in [-0.25, -0.2) is 0 Å². The largest absolute Gasteiger partial charge is 0.364 e. The van der Waals surface area contributed by atoms with Gasteiger partial charge in [-0.1, -0.05) is 12.1 Å². The second-order valence-electron chi connectivity index (χ2n) is 5.74. The quantitative estimate of drug-likeness (QED) is 0.912. The lowest BCUT2D eigenvalue weighted by atomic mass is 9.86. The lowest BCUT2D eigenvalue weighted by Gasteiger charge is -2.34. The summed E-state index contributed by atoms with van der Waals surface area (Å²) in [7, 11) is 0. The number of hydrogen-bond donors (Lipinski definition) is 1. The average Bonchev–Trinajstić information content (AvgIpc) is 3.10. The fraction of sp³-hybridized carbons (Fsp3) is 0.714. The molecule has 1 amide bonds. The van der Waals surface area contributed by atoms with Gasteiger partial charge in [-0.15, -0.1) is 0 Å². The van der Waals surface area contributed by atoms with E-state index in [4.69, 9.17) is 9.47 Å². The lowest BCUT2D eigenvalue weighted by Crippen LogP contribution is -2.38. The average molecular weight is 280 g/mol. The van der Waals surface area contributed by atoms with Gasteiger partial charge in [0, 0.05) is 25.5 Å². The highest BCUT2D eigenvalue weighted by atomic mass is 16.7. The van der Waals surface area contributed by atoms with Gasteiger partial charge in [0.15, 0.2) is 11.5 Å². The molecule has 2 aliphatic rings. The Labute approximate surface area is 117 Å². The van der Waals surface area contributed by atoms with Gasteiger partial charge in [0.05, 0.1) is 6.61 Å². The SMILES string of the molecule is CC1CCC2(CC1)OC[C@H](CNC(=O)c1ccon1)O2. The van der Waals surface area contributed by atoms with Crippen LogP contribution in [0.25, 0.3) is 0 Å². The van der Waals surface area contributed by atoms with Crippen LogP contribution in [0.15, 0.2) is 16.9 Å². The van der Waals surface area contributed by atoms with Crippen molar-refractivity contribution in [1.29, 1.82) is 0 Å². The zero-order valence-electron chi connectivity index (χ0n) is 11.6. The first kappa shape index (κ1) is 13.6. The molecule has 3 rings (SSSR count). The molecule has 1 aliphatic heterocycles. The van der Waals surface area contributed by atoms with Gasteiger partial charge in [-0.05, 0) is 18.8 Å². The van der Waals surface area contributed by atoms with Crippen LogP contribution in [-0.4, -0.2) is 36.1 Å². The molecule has 2 heterocycles. The van der Waals surface area contributed by atoms with Gasteiger partial charge < -0.3 is 19.3 Å². The number of carbonyl (C=O) groups excluding carboxylic acids is 1. The number of ether oxygens (including phenoxy) is 2. The molecule has 1 aliphatic carbocycles. The van der Waals surface area contributed by atoms with Gasteiger partial charge in [-0.3, -0.25) is 4.79 Å². The molecule has 6 nitrogen and oxygen atoms in total. The van der Waals surface area contributed by atoms with Crippen molar-refractivity contribution in [1.82, 2.24) is 10.5 Å². The molecule has 1 saturated carbocycles. The summed E-state index contributed by atoms with van der Waals surface area (Å²) in [6.07, 6.45) is 5.46. The van der Waals surface area contributed by atoms with Crippen LogP contribution in [0.5, 0.6) is 0 Å². The van der Waals surface area contributed by atoms with Crippen LogP contribution in [0.3, 0.4) is 0 Å². The minimum absolute atomic E-state index is 0.0840. The summed E-state index contributed by atoms with van der Waals surface area (Å²) in [6, 6.07) is 1.53. The molecule has 1 spiro atoms. The van der Waals surface area contributed by atoms with E-state index in [0.29, 0.717) is 13.2 Å². The molecular formula is C14H20N2O4. The highest BCUT2D eigenvalue weighted by Gasteiger charge is 2.43. The fourth-order valence-corrected chi connectivity index (χ4v) is 2.81. The second kappa shape index (κ2) is 5.54. The molecule has 1 aromatic rings. The van der Waals surface area contributed by atoms with Crippen molar-refractivity contribution in [2.75, 3.05) is 13.2 Å². The second-order valence-corrected chi connectivity index (χ2v) is 5.74. The van der Waals surface area contributed by atoms with E-state index in [1.807, 2.05) is 0 Å². The number of carbonyl (C=O) groups is 1. The number of rotatable bonds is 3. The van der Waals surface area contributed by atoms with Crippen LogP contribution in [0.2, 0.25) is 0 Å². The molecule has 20 heavy (non-hydrogen) atoms. The third-order valence-corrected chi connectivity index (χ3v) is 4.11. The highest BCUT2D eigenvalue weighted by Crippen LogP contribution is 2.39. The Kier molecular flexibility index (Phi) is 3.76. The standard InChI is InChI=1S/C14H20N2O4/c1-10-2-5-14(6-3-10)18-9-11(20-14)8-15-13(17)12-4-7-19-16-12/h4,7,10-11H,2-3,5-6,8-9H2,1H3,(H,15,17)/t10?,11-,14?/m0/s1. The van der Waals surface area contributed by atoms with E-state index >= 15 is 0 Å². The predicted octanol–water partition coefficient (Wildman–Crippen LogP) is 1.73. The van der Waals surface area contributed by atoms with Crippen molar-refractivity contribution in [2.45, 2.75) is 44.5 Å². The summed E-state index contributed by atoms with van der Waals surface area (Å²) in [5.41, 5.74) is 0.283. The number of nitrogens with one attached hydrogen (secondary N) is 1. The first-order valence-corrected chi connectivity index (χ1v) is 7.17. The first-order chi connectivity index (χ1) is 9.67. The molecular weight excluding hydrogens is 260 g/mol.